The fourth-order valence-corrected chi connectivity index (χ4v) is 4.19. The summed E-state index contributed by atoms with van der Waals surface area (Å²) < 4.78 is 62.8. The summed E-state index contributed by atoms with van der Waals surface area (Å²) in [6.07, 6.45) is -4.41. The third kappa shape index (κ3) is 5.48. The van der Waals surface area contributed by atoms with Crippen molar-refractivity contribution in [3.05, 3.63) is 101 Å². The van der Waals surface area contributed by atoms with Crippen LogP contribution >= 0.6 is 0 Å². The van der Waals surface area contributed by atoms with Gasteiger partial charge in [0.15, 0.2) is 9.84 Å². The molecule has 0 fully saturated rings. The maximum Gasteiger partial charge on any atom is 0.416 e. The Labute approximate surface area is 172 Å². The van der Waals surface area contributed by atoms with E-state index in [0.29, 0.717) is 11.1 Å². The first-order valence-corrected chi connectivity index (χ1v) is 10.6. The Morgan fingerprint density at radius 3 is 2.13 bits per heavy atom. The molecule has 0 unspecified atom stereocenters. The molecule has 0 heterocycles. The van der Waals surface area contributed by atoms with Gasteiger partial charge in [-0.15, -0.1) is 0 Å². The van der Waals surface area contributed by atoms with Crippen LogP contribution in [0.25, 0.3) is 0 Å². The van der Waals surface area contributed by atoms with Crippen molar-refractivity contribution in [3.63, 3.8) is 0 Å². The molecule has 3 aromatic carbocycles. The first-order valence-electron chi connectivity index (χ1n) is 8.96. The first kappa shape index (κ1) is 21.6. The number of halogens is 3. The van der Waals surface area contributed by atoms with Crippen molar-refractivity contribution in [2.45, 2.75) is 23.4 Å². The van der Waals surface area contributed by atoms with Gasteiger partial charge in [-0.05, 0) is 47.5 Å². The zero-order valence-electron chi connectivity index (χ0n) is 15.7. The second kappa shape index (κ2) is 8.71. The van der Waals surface area contributed by atoms with Crippen LogP contribution in [0.1, 0.15) is 27.0 Å². The van der Waals surface area contributed by atoms with E-state index in [-0.39, 0.29) is 22.8 Å². The van der Waals surface area contributed by atoms with Crippen LogP contribution in [0, 0.1) is 0 Å². The summed E-state index contributed by atoms with van der Waals surface area (Å²) in [6, 6.07) is 18.8. The molecule has 0 bridgehead atoms. The van der Waals surface area contributed by atoms with E-state index >= 15 is 0 Å². The Kier molecular flexibility index (Phi) is 6.26. The molecule has 0 radical (unpaired) electrons. The average molecular weight is 433 g/mol. The number of carbonyl (C=O) groups excluding carboxylic acids is 1. The molecule has 8 heteroatoms. The topological polar surface area (TPSA) is 63.2 Å². The Bertz CT molecular complexity index is 1130. The minimum atomic E-state index is -4.41. The molecule has 0 aliphatic heterocycles. The number of hydrogen-bond acceptors (Lipinski definition) is 3. The number of benzene rings is 3. The summed E-state index contributed by atoms with van der Waals surface area (Å²) in [5, 5.41) is 2.63. The summed E-state index contributed by atoms with van der Waals surface area (Å²) in [5.74, 6) is -0.703. The van der Waals surface area contributed by atoms with Gasteiger partial charge >= 0.3 is 6.18 Å². The van der Waals surface area contributed by atoms with Crippen LogP contribution in [0.2, 0.25) is 0 Å². The lowest BCUT2D eigenvalue weighted by Gasteiger charge is -2.10. The largest absolute Gasteiger partial charge is 0.416 e. The molecule has 0 spiro atoms. The lowest BCUT2D eigenvalue weighted by atomic mass is 10.1. The van der Waals surface area contributed by atoms with E-state index in [9.17, 15) is 26.4 Å². The van der Waals surface area contributed by atoms with Gasteiger partial charge in [0.05, 0.1) is 16.2 Å². The highest BCUT2D eigenvalue weighted by molar-refractivity contribution is 7.90. The molecule has 1 N–H and O–H groups in total. The SMILES string of the molecule is O=C(NCc1ccc(C(F)(F)F)cc1)c1cccc(CS(=O)(=O)c2ccccc2)c1. The summed E-state index contributed by atoms with van der Waals surface area (Å²) in [5.41, 5.74) is 0.479. The maximum absolute atomic E-state index is 12.6. The van der Waals surface area contributed by atoms with Crippen LogP contribution in [0.3, 0.4) is 0 Å². The molecule has 0 saturated carbocycles. The van der Waals surface area contributed by atoms with E-state index in [4.69, 9.17) is 0 Å². The van der Waals surface area contributed by atoms with Gasteiger partial charge in [-0.25, -0.2) is 8.42 Å². The van der Waals surface area contributed by atoms with Crippen molar-refractivity contribution in [1.82, 2.24) is 5.32 Å². The molecule has 0 aliphatic rings. The minimum absolute atomic E-state index is 0.0452. The van der Waals surface area contributed by atoms with Gasteiger partial charge in [-0.3, -0.25) is 4.79 Å². The van der Waals surface area contributed by atoms with Gasteiger partial charge in [-0.2, -0.15) is 13.2 Å². The van der Waals surface area contributed by atoms with Crippen molar-refractivity contribution in [1.29, 1.82) is 0 Å². The number of rotatable bonds is 6. The van der Waals surface area contributed by atoms with Crippen LogP contribution in [-0.2, 0) is 28.3 Å². The number of hydrogen-bond donors (Lipinski definition) is 1. The highest BCUT2D eigenvalue weighted by Gasteiger charge is 2.29. The third-order valence-electron chi connectivity index (χ3n) is 4.38. The molecule has 1 amide bonds. The summed E-state index contributed by atoms with van der Waals surface area (Å²) >= 11 is 0. The summed E-state index contributed by atoms with van der Waals surface area (Å²) in [6.45, 7) is 0.0452. The lowest BCUT2D eigenvalue weighted by Crippen LogP contribution is -2.23. The number of alkyl halides is 3. The number of amides is 1. The second-order valence-electron chi connectivity index (χ2n) is 6.65. The molecule has 156 valence electrons. The standard InChI is InChI=1S/C22H18F3NO3S/c23-22(24,25)19-11-9-16(10-12-19)14-26-21(27)18-6-4-5-17(13-18)15-30(28,29)20-7-2-1-3-8-20/h1-13H,14-15H2,(H,26,27). The van der Waals surface area contributed by atoms with Crippen molar-refractivity contribution in [2.24, 2.45) is 0 Å². The van der Waals surface area contributed by atoms with E-state index in [1.807, 2.05) is 0 Å². The van der Waals surface area contributed by atoms with Gasteiger partial charge in [0.1, 0.15) is 0 Å². The van der Waals surface area contributed by atoms with E-state index in [2.05, 4.69) is 5.32 Å². The van der Waals surface area contributed by atoms with Crippen molar-refractivity contribution in [3.8, 4) is 0 Å². The Morgan fingerprint density at radius 1 is 0.833 bits per heavy atom. The van der Waals surface area contributed by atoms with Crippen LogP contribution < -0.4 is 5.32 Å². The lowest BCUT2D eigenvalue weighted by molar-refractivity contribution is -0.137. The normalized spacial score (nSPS) is 11.8. The Hall–Kier alpha value is -3.13. The van der Waals surface area contributed by atoms with E-state index in [0.717, 1.165) is 12.1 Å². The highest BCUT2D eigenvalue weighted by atomic mass is 32.2. The smallest absolute Gasteiger partial charge is 0.348 e. The van der Waals surface area contributed by atoms with Crippen molar-refractivity contribution < 1.29 is 26.4 Å². The van der Waals surface area contributed by atoms with Gasteiger partial charge < -0.3 is 5.32 Å². The fraction of sp³-hybridized carbons (Fsp3) is 0.136. The summed E-state index contributed by atoms with van der Waals surface area (Å²) in [7, 11) is -3.55. The molecule has 30 heavy (non-hydrogen) atoms. The fourth-order valence-electron chi connectivity index (χ4n) is 2.83. The zero-order chi connectivity index (χ0) is 21.8. The molecule has 4 nitrogen and oxygen atoms in total. The number of sulfone groups is 1. The molecular weight excluding hydrogens is 415 g/mol. The monoisotopic (exact) mass is 433 g/mol. The first-order chi connectivity index (χ1) is 14.1. The molecule has 0 aliphatic carbocycles. The maximum atomic E-state index is 12.6. The average Bonchev–Trinajstić information content (AvgIpc) is 2.72. The molecular formula is C22H18F3NO3S. The Morgan fingerprint density at radius 2 is 1.50 bits per heavy atom. The van der Waals surface area contributed by atoms with E-state index in [1.165, 1.54) is 30.3 Å². The highest BCUT2D eigenvalue weighted by Crippen LogP contribution is 2.29. The molecule has 0 atom stereocenters. The van der Waals surface area contributed by atoms with Crippen LogP contribution in [-0.4, -0.2) is 14.3 Å². The number of nitrogens with one attached hydrogen (secondary N) is 1. The number of carbonyl (C=O) groups is 1. The second-order valence-corrected chi connectivity index (χ2v) is 8.64. The summed E-state index contributed by atoms with van der Waals surface area (Å²) in [4.78, 5) is 12.6. The molecule has 3 rings (SSSR count). The molecule has 0 aromatic heterocycles. The van der Waals surface area contributed by atoms with Gasteiger partial charge in [0.2, 0.25) is 0 Å². The van der Waals surface area contributed by atoms with Crippen LogP contribution in [0.5, 0.6) is 0 Å². The van der Waals surface area contributed by atoms with Crippen molar-refractivity contribution >= 4 is 15.7 Å². The van der Waals surface area contributed by atoms with E-state index < -0.39 is 27.5 Å². The van der Waals surface area contributed by atoms with Crippen molar-refractivity contribution in [2.75, 3.05) is 0 Å². The molecule has 3 aromatic rings. The zero-order valence-corrected chi connectivity index (χ0v) is 16.5. The van der Waals surface area contributed by atoms with Crippen LogP contribution in [0.15, 0.2) is 83.8 Å². The quantitative estimate of drug-likeness (QED) is 0.618. The van der Waals surface area contributed by atoms with Gasteiger partial charge in [-0.1, -0.05) is 42.5 Å². The third-order valence-corrected chi connectivity index (χ3v) is 6.09. The minimum Gasteiger partial charge on any atom is -0.348 e. The predicted octanol–water partition coefficient (Wildman–Crippen LogP) is 4.61. The molecule has 0 saturated heterocycles. The predicted molar refractivity (Wildman–Crippen MR) is 106 cm³/mol. The van der Waals surface area contributed by atoms with Gasteiger partial charge in [0.25, 0.3) is 5.91 Å². The van der Waals surface area contributed by atoms with Crippen LogP contribution in [0.4, 0.5) is 13.2 Å². The Balaban J connectivity index is 1.66. The van der Waals surface area contributed by atoms with E-state index in [1.54, 1.807) is 36.4 Å². The van der Waals surface area contributed by atoms with Gasteiger partial charge in [0, 0.05) is 12.1 Å².